The summed E-state index contributed by atoms with van der Waals surface area (Å²) in [4.78, 5) is 2.41. The molecule has 0 bridgehead atoms. The number of nitrogens with zero attached hydrogens (tertiary/aromatic N) is 1. The summed E-state index contributed by atoms with van der Waals surface area (Å²) in [5, 5.41) is 0. The van der Waals surface area contributed by atoms with Gasteiger partial charge in [0.1, 0.15) is 0 Å². The molecule has 0 aliphatic carbocycles. The average Bonchev–Trinajstić information content (AvgIpc) is 1.97. The zero-order chi connectivity index (χ0) is 9.41. The fourth-order valence-corrected chi connectivity index (χ4v) is 2.07. The van der Waals surface area contributed by atoms with E-state index in [9.17, 15) is 0 Å². The molecule has 1 unspecified atom stereocenters. The van der Waals surface area contributed by atoms with Crippen LogP contribution in [0.3, 0.4) is 0 Å². The highest BCUT2D eigenvalue weighted by Gasteiger charge is 2.42. The van der Waals surface area contributed by atoms with E-state index in [4.69, 9.17) is 0 Å². The van der Waals surface area contributed by atoms with Crippen molar-refractivity contribution < 1.29 is 0 Å². The maximum Gasteiger partial charge on any atom is 0.00379 e. The van der Waals surface area contributed by atoms with Crippen molar-refractivity contribution in [2.45, 2.75) is 27.2 Å². The third kappa shape index (κ3) is 1.42. The van der Waals surface area contributed by atoms with Crippen LogP contribution in [0.2, 0.25) is 0 Å². The zero-order valence-corrected chi connectivity index (χ0v) is 8.85. The van der Waals surface area contributed by atoms with Crippen molar-refractivity contribution in [2.24, 2.45) is 10.8 Å². The lowest BCUT2D eigenvalue weighted by Gasteiger charge is -2.49. The number of rotatable bonds is 1. The van der Waals surface area contributed by atoms with Gasteiger partial charge in [0, 0.05) is 6.54 Å². The minimum Gasteiger partial charge on any atom is -0.306 e. The summed E-state index contributed by atoms with van der Waals surface area (Å²) >= 11 is 0. The van der Waals surface area contributed by atoms with Crippen LogP contribution in [-0.2, 0) is 0 Å². The normalized spacial score (nSPS) is 36.3. The summed E-state index contributed by atoms with van der Waals surface area (Å²) in [5.74, 6) is 0. The van der Waals surface area contributed by atoms with Gasteiger partial charge < -0.3 is 4.90 Å². The van der Waals surface area contributed by atoms with E-state index in [1.54, 1.807) is 0 Å². The second kappa shape index (κ2) is 2.88. The van der Waals surface area contributed by atoms with Crippen LogP contribution >= 0.6 is 0 Å². The van der Waals surface area contributed by atoms with Crippen molar-refractivity contribution in [2.75, 3.05) is 20.1 Å². The van der Waals surface area contributed by atoms with Gasteiger partial charge in [-0.25, -0.2) is 0 Å². The minimum atomic E-state index is 0.319. The SMILES string of the molecule is C=CC1(C)CCN(C)CC1(C)C. The van der Waals surface area contributed by atoms with Gasteiger partial charge in [-0.2, -0.15) is 0 Å². The molecule has 1 saturated heterocycles. The van der Waals surface area contributed by atoms with E-state index in [-0.39, 0.29) is 0 Å². The molecular formula is C11H21N. The second-order valence-corrected chi connectivity index (χ2v) is 4.99. The van der Waals surface area contributed by atoms with Crippen molar-refractivity contribution >= 4 is 0 Å². The van der Waals surface area contributed by atoms with E-state index in [0.717, 1.165) is 0 Å². The van der Waals surface area contributed by atoms with Crippen LogP contribution in [0.25, 0.3) is 0 Å². The van der Waals surface area contributed by atoms with E-state index < -0.39 is 0 Å². The van der Waals surface area contributed by atoms with E-state index >= 15 is 0 Å². The van der Waals surface area contributed by atoms with E-state index in [0.29, 0.717) is 10.8 Å². The Morgan fingerprint density at radius 2 is 1.92 bits per heavy atom. The maximum atomic E-state index is 3.96. The predicted molar refractivity (Wildman–Crippen MR) is 54.2 cm³/mol. The van der Waals surface area contributed by atoms with Gasteiger partial charge in [0.25, 0.3) is 0 Å². The molecule has 1 aliphatic rings. The fraction of sp³-hybridized carbons (Fsp3) is 0.818. The molecule has 1 atom stereocenters. The summed E-state index contributed by atoms with van der Waals surface area (Å²) < 4.78 is 0. The van der Waals surface area contributed by atoms with E-state index in [1.807, 2.05) is 0 Å². The first kappa shape index (κ1) is 9.79. The molecule has 0 N–H and O–H groups in total. The Balaban J connectivity index is 2.84. The first-order chi connectivity index (χ1) is 5.41. The summed E-state index contributed by atoms with van der Waals surface area (Å²) in [6.07, 6.45) is 3.38. The molecular weight excluding hydrogens is 146 g/mol. The van der Waals surface area contributed by atoms with Crippen molar-refractivity contribution in [1.82, 2.24) is 4.90 Å². The Hall–Kier alpha value is -0.300. The standard InChI is InChI=1S/C11H21N/c1-6-11(4)7-8-12(5)9-10(11,2)3/h6H,1,7-9H2,2-5H3. The Bertz CT molecular complexity index is 183. The molecule has 1 nitrogen and oxygen atoms in total. The number of hydrogen-bond acceptors (Lipinski definition) is 1. The first-order valence-corrected chi connectivity index (χ1v) is 4.73. The minimum absolute atomic E-state index is 0.319. The summed E-state index contributed by atoms with van der Waals surface area (Å²) in [5.41, 5.74) is 0.682. The number of piperidine rings is 1. The Morgan fingerprint density at radius 3 is 2.33 bits per heavy atom. The fourth-order valence-electron chi connectivity index (χ4n) is 2.07. The molecule has 1 heterocycles. The van der Waals surface area contributed by atoms with E-state index in [1.165, 1.54) is 19.5 Å². The first-order valence-electron chi connectivity index (χ1n) is 4.73. The lowest BCUT2D eigenvalue weighted by atomic mass is 9.62. The monoisotopic (exact) mass is 167 g/mol. The van der Waals surface area contributed by atoms with Crippen molar-refractivity contribution in [3.63, 3.8) is 0 Å². The molecule has 12 heavy (non-hydrogen) atoms. The number of likely N-dealkylation sites (tertiary alicyclic amines) is 1. The number of hydrogen-bond donors (Lipinski definition) is 0. The molecule has 1 rings (SSSR count). The van der Waals surface area contributed by atoms with Gasteiger partial charge in [0.05, 0.1) is 0 Å². The molecule has 1 heteroatoms. The highest BCUT2D eigenvalue weighted by molar-refractivity contribution is 5.04. The van der Waals surface area contributed by atoms with Gasteiger partial charge in [-0.15, -0.1) is 6.58 Å². The molecule has 1 fully saturated rings. The lowest BCUT2D eigenvalue weighted by Crippen LogP contribution is -2.49. The van der Waals surface area contributed by atoms with Crippen LogP contribution < -0.4 is 0 Å². The van der Waals surface area contributed by atoms with Gasteiger partial charge >= 0.3 is 0 Å². The molecule has 70 valence electrons. The molecule has 0 amide bonds. The van der Waals surface area contributed by atoms with E-state index in [2.05, 4.69) is 45.4 Å². The van der Waals surface area contributed by atoms with Crippen LogP contribution in [0.4, 0.5) is 0 Å². The van der Waals surface area contributed by atoms with Gasteiger partial charge in [0.15, 0.2) is 0 Å². The van der Waals surface area contributed by atoms with Gasteiger partial charge in [-0.3, -0.25) is 0 Å². The largest absolute Gasteiger partial charge is 0.306 e. The molecule has 0 aromatic rings. The third-order valence-electron chi connectivity index (χ3n) is 3.67. The van der Waals surface area contributed by atoms with Crippen LogP contribution in [0, 0.1) is 10.8 Å². The van der Waals surface area contributed by atoms with Crippen molar-refractivity contribution in [3.05, 3.63) is 12.7 Å². The molecule has 0 saturated carbocycles. The summed E-state index contributed by atoms with van der Waals surface area (Å²) in [7, 11) is 2.20. The topological polar surface area (TPSA) is 3.24 Å². The maximum absolute atomic E-state index is 3.96. The second-order valence-electron chi connectivity index (χ2n) is 4.99. The summed E-state index contributed by atoms with van der Waals surface area (Å²) in [6, 6.07) is 0. The molecule has 0 aromatic carbocycles. The Morgan fingerprint density at radius 1 is 1.33 bits per heavy atom. The lowest BCUT2D eigenvalue weighted by molar-refractivity contribution is 0.0291. The Kier molecular flexibility index (Phi) is 2.35. The molecule has 0 radical (unpaired) electrons. The van der Waals surface area contributed by atoms with Gasteiger partial charge in [0.2, 0.25) is 0 Å². The average molecular weight is 167 g/mol. The van der Waals surface area contributed by atoms with Crippen molar-refractivity contribution in [3.8, 4) is 0 Å². The smallest absolute Gasteiger partial charge is 0.00379 e. The molecule has 1 aliphatic heterocycles. The van der Waals surface area contributed by atoms with Gasteiger partial charge in [-0.05, 0) is 30.8 Å². The predicted octanol–water partition coefficient (Wildman–Crippen LogP) is 2.54. The van der Waals surface area contributed by atoms with Gasteiger partial charge in [-0.1, -0.05) is 26.8 Å². The van der Waals surface area contributed by atoms with Crippen LogP contribution in [-0.4, -0.2) is 25.0 Å². The molecule has 0 spiro atoms. The highest BCUT2D eigenvalue weighted by Crippen LogP contribution is 2.45. The highest BCUT2D eigenvalue weighted by atomic mass is 15.1. The molecule has 0 aromatic heterocycles. The third-order valence-corrected chi connectivity index (χ3v) is 3.67. The number of allylic oxidation sites excluding steroid dienone is 1. The van der Waals surface area contributed by atoms with Crippen LogP contribution in [0.15, 0.2) is 12.7 Å². The van der Waals surface area contributed by atoms with Crippen LogP contribution in [0.5, 0.6) is 0 Å². The quantitative estimate of drug-likeness (QED) is 0.542. The zero-order valence-electron chi connectivity index (χ0n) is 8.85. The summed E-state index contributed by atoms with van der Waals surface area (Å²) in [6.45, 7) is 13.3. The Labute approximate surface area is 76.5 Å². The van der Waals surface area contributed by atoms with Crippen molar-refractivity contribution in [1.29, 1.82) is 0 Å². The van der Waals surface area contributed by atoms with Crippen LogP contribution in [0.1, 0.15) is 27.2 Å².